The molecule has 1 aromatic rings. The van der Waals surface area contributed by atoms with Crippen LogP contribution in [0.5, 0.6) is 5.75 Å². The Kier molecular flexibility index (Phi) is 10.3. The number of imide groups is 1. The van der Waals surface area contributed by atoms with Crippen LogP contribution in [-0.4, -0.2) is 47.8 Å². The van der Waals surface area contributed by atoms with Gasteiger partial charge in [-0.25, -0.2) is 0 Å². The molecule has 0 fully saturated rings. The summed E-state index contributed by atoms with van der Waals surface area (Å²) < 4.78 is 5.41. The Morgan fingerprint density at radius 1 is 0.966 bits per heavy atom. The summed E-state index contributed by atoms with van der Waals surface area (Å²) in [4.78, 5) is 27.8. The number of nitrogens with zero attached hydrogens (tertiary/aromatic N) is 1. The number of aliphatic hydroxyl groups excluding tert-OH is 1. The van der Waals surface area contributed by atoms with Crippen molar-refractivity contribution in [1.29, 1.82) is 0 Å². The quantitative estimate of drug-likeness (QED) is 0.351. The number of carbonyl (C=O) groups excluding carboxylic acids is 2. The lowest BCUT2D eigenvalue weighted by atomic mass is 10.0. The van der Waals surface area contributed by atoms with Gasteiger partial charge >= 0.3 is 0 Å². The number of unbranched alkanes of at least 4 members (excludes halogenated alkanes) is 7. The molecule has 6 heteroatoms. The molecule has 1 aliphatic rings. The van der Waals surface area contributed by atoms with Gasteiger partial charge in [-0.05, 0) is 12.5 Å². The number of hydrogen-bond acceptors (Lipinski definition) is 5. The molecule has 0 bridgehead atoms. The molecule has 0 unspecified atom stereocenters. The summed E-state index contributed by atoms with van der Waals surface area (Å²) in [5, 5.41) is 9.20. The van der Waals surface area contributed by atoms with Gasteiger partial charge in [0.1, 0.15) is 5.75 Å². The van der Waals surface area contributed by atoms with Crippen molar-refractivity contribution in [2.24, 2.45) is 0 Å². The van der Waals surface area contributed by atoms with E-state index in [9.17, 15) is 14.7 Å². The molecule has 2 rings (SSSR count). The maximum atomic E-state index is 13.1. The molecule has 0 saturated heterocycles. The summed E-state index contributed by atoms with van der Waals surface area (Å²) in [5.74, 6) is 0.429. The third kappa shape index (κ3) is 6.34. The fraction of sp³-hybridized carbons (Fsp3) is 0.565. The molecule has 160 valence electrons. The van der Waals surface area contributed by atoms with Gasteiger partial charge in [-0.2, -0.15) is 0 Å². The first-order valence-corrected chi connectivity index (χ1v) is 11.6. The van der Waals surface area contributed by atoms with Crippen molar-refractivity contribution in [3.8, 4) is 5.75 Å². The van der Waals surface area contributed by atoms with E-state index in [0.717, 1.165) is 19.3 Å². The predicted molar refractivity (Wildman–Crippen MR) is 119 cm³/mol. The molecule has 0 aromatic heterocycles. The Hall–Kier alpha value is -1.79. The first kappa shape index (κ1) is 23.5. The smallest absolute Gasteiger partial charge is 0.267 e. The van der Waals surface area contributed by atoms with Crippen LogP contribution in [0.2, 0.25) is 0 Å². The molecular formula is C23H33NO4S. The molecule has 1 heterocycles. The minimum absolute atomic E-state index is 0.0487. The van der Waals surface area contributed by atoms with Crippen LogP contribution >= 0.6 is 11.8 Å². The van der Waals surface area contributed by atoms with Gasteiger partial charge in [0.05, 0.1) is 24.2 Å². The van der Waals surface area contributed by atoms with Gasteiger partial charge in [0.25, 0.3) is 11.8 Å². The molecule has 0 atom stereocenters. The number of aliphatic hydroxyl groups is 1. The molecule has 29 heavy (non-hydrogen) atoms. The lowest BCUT2D eigenvalue weighted by Crippen LogP contribution is -2.32. The zero-order valence-corrected chi connectivity index (χ0v) is 18.4. The minimum Gasteiger partial charge on any atom is -0.496 e. The van der Waals surface area contributed by atoms with E-state index in [-0.39, 0.29) is 18.4 Å². The van der Waals surface area contributed by atoms with Crippen molar-refractivity contribution in [2.45, 2.75) is 58.3 Å². The lowest BCUT2D eigenvalue weighted by Gasteiger charge is -2.15. The highest BCUT2D eigenvalue weighted by Crippen LogP contribution is 2.39. The molecule has 0 radical (unpaired) electrons. The minimum atomic E-state index is -0.261. The van der Waals surface area contributed by atoms with E-state index in [4.69, 9.17) is 4.74 Å². The van der Waals surface area contributed by atoms with Crippen molar-refractivity contribution in [1.82, 2.24) is 4.90 Å². The number of rotatable bonds is 14. The largest absolute Gasteiger partial charge is 0.496 e. The second-order valence-electron chi connectivity index (χ2n) is 7.21. The number of hydrogen-bond donors (Lipinski definition) is 1. The number of thioether (sulfide) groups is 1. The van der Waals surface area contributed by atoms with Crippen LogP contribution in [0, 0.1) is 0 Å². The van der Waals surface area contributed by atoms with Crippen molar-refractivity contribution >= 4 is 29.1 Å². The van der Waals surface area contributed by atoms with Gasteiger partial charge in [-0.1, -0.05) is 70.1 Å². The second-order valence-corrected chi connectivity index (χ2v) is 8.32. The number of para-hydroxylation sites is 1. The van der Waals surface area contributed by atoms with E-state index in [1.54, 1.807) is 19.2 Å². The number of benzene rings is 1. The van der Waals surface area contributed by atoms with Crippen LogP contribution in [-0.2, 0) is 9.59 Å². The Bertz CT molecular complexity index is 717. The molecule has 1 aromatic carbocycles. The standard InChI is InChI=1S/C23H33NO4S/c1-3-4-5-6-7-8-9-12-15-24-22(26)20(21(23(24)27)29-17-16-25)18-13-10-11-14-19(18)28-2/h10-11,13-14,25H,3-9,12,15-17H2,1-2H3. The highest BCUT2D eigenvalue weighted by Gasteiger charge is 2.39. The number of amides is 2. The van der Waals surface area contributed by atoms with Crippen molar-refractivity contribution in [3.05, 3.63) is 34.7 Å². The highest BCUT2D eigenvalue weighted by atomic mass is 32.2. The molecule has 2 amide bonds. The van der Waals surface area contributed by atoms with Crippen LogP contribution in [0.1, 0.15) is 63.9 Å². The molecule has 0 aliphatic carbocycles. The fourth-order valence-corrected chi connectivity index (χ4v) is 4.40. The van der Waals surface area contributed by atoms with Crippen LogP contribution < -0.4 is 4.74 Å². The Morgan fingerprint density at radius 2 is 1.62 bits per heavy atom. The second kappa shape index (κ2) is 12.7. The average molecular weight is 420 g/mol. The van der Waals surface area contributed by atoms with Crippen LogP contribution in [0.4, 0.5) is 0 Å². The zero-order valence-electron chi connectivity index (χ0n) is 17.6. The third-order valence-electron chi connectivity index (χ3n) is 5.07. The van der Waals surface area contributed by atoms with E-state index < -0.39 is 0 Å². The van der Waals surface area contributed by atoms with Gasteiger partial charge in [0.2, 0.25) is 0 Å². The van der Waals surface area contributed by atoms with Gasteiger partial charge in [0.15, 0.2) is 0 Å². The normalized spacial score (nSPS) is 14.2. The number of methoxy groups -OCH3 is 1. The van der Waals surface area contributed by atoms with Crippen molar-refractivity contribution in [2.75, 3.05) is 26.0 Å². The van der Waals surface area contributed by atoms with Crippen LogP contribution in [0.3, 0.4) is 0 Å². The van der Waals surface area contributed by atoms with Gasteiger partial charge in [0, 0.05) is 17.9 Å². The molecule has 5 nitrogen and oxygen atoms in total. The number of carbonyl (C=O) groups is 2. The Balaban J connectivity index is 2.03. The summed E-state index contributed by atoms with van der Waals surface area (Å²) in [7, 11) is 1.56. The van der Waals surface area contributed by atoms with Gasteiger partial charge < -0.3 is 9.84 Å². The van der Waals surface area contributed by atoms with Gasteiger partial charge in [-0.3, -0.25) is 14.5 Å². The van der Waals surface area contributed by atoms with Crippen molar-refractivity contribution in [3.63, 3.8) is 0 Å². The van der Waals surface area contributed by atoms with E-state index >= 15 is 0 Å². The Labute approximate surface area is 178 Å². The van der Waals surface area contributed by atoms with Crippen LogP contribution in [0.15, 0.2) is 29.2 Å². The van der Waals surface area contributed by atoms with E-state index in [2.05, 4.69) is 6.92 Å². The molecule has 0 saturated carbocycles. The summed E-state index contributed by atoms with van der Waals surface area (Å²) in [6.45, 7) is 2.60. The van der Waals surface area contributed by atoms with E-state index in [0.29, 0.717) is 34.1 Å². The van der Waals surface area contributed by atoms with E-state index in [1.165, 1.54) is 48.8 Å². The summed E-state index contributed by atoms with van der Waals surface area (Å²) >= 11 is 1.24. The molecule has 1 N–H and O–H groups in total. The SMILES string of the molecule is CCCCCCCCCCN1C(=O)C(SCCO)=C(c2ccccc2OC)C1=O. The molecule has 1 aliphatic heterocycles. The first-order chi connectivity index (χ1) is 14.2. The lowest BCUT2D eigenvalue weighted by molar-refractivity contribution is -0.136. The zero-order chi connectivity index (χ0) is 21.1. The van der Waals surface area contributed by atoms with Gasteiger partial charge in [-0.15, -0.1) is 11.8 Å². The number of ether oxygens (including phenoxy) is 1. The molecule has 0 spiro atoms. The fourth-order valence-electron chi connectivity index (χ4n) is 3.53. The predicted octanol–water partition coefficient (Wildman–Crippen LogP) is 4.64. The topological polar surface area (TPSA) is 66.8 Å². The highest BCUT2D eigenvalue weighted by molar-refractivity contribution is 8.04. The Morgan fingerprint density at radius 3 is 2.28 bits per heavy atom. The first-order valence-electron chi connectivity index (χ1n) is 10.6. The summed E-state index contributed by atoms with van der Waals surface area (Å²) in [6.07, 6.45) is 9.28. The summed E-state index contributed by atoms with van der Waals surface area (Å²) in [5.41, 5.74) is 1.03. The maximum Gasteiger partial charge on any atom is 0.267 e. The maximum absolute atomic E-state index is 13.1. The average Bonchev–Trinajstić information content (AvgIpc) is 2.97. The summed E-state index contributed by atoms with van der Waals surface area (Å²) in [6, 6.07) is 7.26. The van der Waals surface area contributed by atoms with Crippen molar-refractivity contribution < 1.29 is 19.4 Å². The molecular weight excluding hydrogens is 386 g/mol. The van der Waals surface area contributed by atoms with Crippen LogP contribution in [0.25, 0.3) is 5.57 Å². The third-order valence-corrected chi connectivity index (χ3v) is 6.13. The van der Waals surface area contributed by atoms with E-state index in [1.807, 2.05) is 12.1 Å². The monoisotopic (exact) mass is 419 g/mol.